The summed E-state index contributed by atoms with van der Waals surface area (Å²) >= 11 is 0. The van der Waals surface area contributed by atoms with Gasteiger partial charge in [0.2, 0.25) is 0 Å². The fourth-order valence-corrected chi connectivity index (χ4v) is 15.1. The summed E-state index contributed by atoms with van der Waals surface area (Å²) in [5.41, 5.74) is -0.829. The molecule has 7 aliphatic rings. The maximum absolute atomic E-state index is 13.9. The van der Waals surface area contributed by atoms with Crippen molar-refractivity contribution >= 4 is 18.0 Å². The molecule has 6 aliphatic carbocycles. The molecule has 7 heteroatoms. The number of rotatable bonds is 5. The Kier molecular flexibility index (Phi) is 8.09. The number of hydrogen-bond acceptors (Lipinski definition) is 7. The molecule has 5 bridgehead atoms. The summed E-state index contributed by atoms with van der Waals surface area (Å²) < 4.78 is 20.7. The third kappa shape index (κ3) is 4.36. The van der Waals surface area contributed by atoms with E-state index in [2.05, 4.69) is 48.5 Å². The molecule has 8 rings (SSSR count). The van der Waals surface area contributed by atoms with Crippen molar-refractivity contribution in [2.75, 3.05) is 0 Å². The van der Waals surface area contributed by atoms with Crippen molar-refractivity contribution in [3.63, 3.8) is 0 Å². The van der Waals surface area contributed by atoms with Gasteiger partial charge in [-0.3, -0.25) is 0 Å². The zero-order valence-electron chi connectivity index (χ0n) is 32.9. The minimum atomic E-state index is -0.897. The number of esters is 2. The second-order valence-electron chi connectivity index (χ2n) is 20.2. The van der Waals surface area contributed by atoms with Gasteiger partial charge >= 0.3 is 11.9 Å². The lowest BCUT2D eigenvalue weighted by Crippen LogP contribution is -2.74. The lowest BCUT2D eigenvalue weighted by Gasteiger charge is -2.74. The summed E-state index contributed by atoms with van der Waals surface area (Å²) in [6, 6.07) is 9.65. The smallest absolute Gasteiger partial charge is 0.333 e. The van der Waals surface area contributed by atoms with E-state index in [0.717, 1.165) is 50.5 Å². The normalized spacial score (nSPS) is 49.4. The Bertz CT molecular complexity index is 1700. The summed E-state index contributed by atoms with van der Waals surface area (Å²) in [7, 11) is 0. The molecule has 1 heterocycles. The first-order valence-corrected chi connectivity index (χ1v) is 20.2. The molecule has 52 heavy (non-hydrogen) atoms. The second-order valence-corrected chi connectivity index (χ2v) is 20.2. The van der Waals surface area contributed by atoms with E-state index in [1.54, 1.807) is 19.1 Å². The molecule has 1 aromatic carbocycles. The molecular formula is C45H62O7. The molecule has 284 valence electrons. The lowest BCUT2D eigenvalue weighted by atomic mass is 9.30. The second kappa shape index (κ2) is 11.5. The predicted octanol–water partition coefficient (Wildman–Crippen LogP) is 8.07. The highest BCUT2D eigenvalue weighted by molar-refractivity contribution is 5.88. The van der Waals surface area contributed by atoms with Crippen LogP contribution in [0.25, 0.3) is 6.08 Å². The van der Waals surface area contributed by atoms with Gasteiger partial charge in [0.05, 0.1) is 29.3 Å². The van der Waals surface area contributed by atoms with E-state index >= 15 is 0 Å². The van der Waals surface area contributed by atoms with Gasteiger partial charge in [-0.1, -0.05) is 84.9 Å². The molecule has 0 aromatic heterocycles. The van der Waals surface area contributed by atoms with Crippen LogP contribution in [0.15, 0.2) is 48.1 Å². The highest BCUT2D eigenvalue weighted by atomic mass is 16.6. The quantitative estimate of drug-likeness (QED) is 0.235. The van der Waals surface area contributed by atoms with Crippen LogP contribution in [-0.4, -0.2) is 58.3 Å². The summed E-state index contributed by atoms with van der Waals surface area (Å²) in [5.74, 6) is -0.403. The van der Waals surface area contributed by atoms with E-state index in [-0.39, 0.29) is 45.0 Å². The minimum Gasteiger partial charge on any atom is -0.455 e. The molecule has 14 atom stereocenters. The molecule has 1 aromatic rings. The third-order valence-electron chi connectivity index (χ3n) is 17.8. The maximum Gasteiger partial charge on any atom is 0.333 e. The Morgan fingerprint density at radius 3 is 2.23 bits per heavy atom. The Balaban J connectivity index is 1.22. The first-order chi connectivity index (χ1) is 24.3. The number of carbonyl (C=O) groups is 2. The highest BCUT2D eigenvalue weighted by Crippen LogP contribution is 2.84. The molecule has 7 nitrogen and oxygen atoms in total. The van der Waals surface area contributed by atoms with Crippen LogP contribution in [0.3, 0.4) is 0 Å². The summed E-state index contributed by atoms with van der Waals surface area (Å²) in [5, 5.41) is 24.2. The number of fused-ring (bicyclic) bond motifs is 4. The molecule has 1 aliphatic heterocycles. The van der Waals surface area contributed by atoms with E-state index < -0.39 is 47.4 Å². The monoisotopic (exact) mass is 714 g/mol. The fraction of sp³-hybridized carbons (Fsp3) is 0.733. The first-order valence-electron chi connectivity index (χ1n) is 20.2. The summed E-state index contributed by atoms with van der Waals surface area (Å²) in [6.45, 7) is 20.1. The standard InChI is InChI=1S/C45H62O7/c1-10-26(2)38(49)51-35-34-36-45(37(35)50-33(48)17-16-27-14-12-11-13-15-27)30(24-39(34,3)4)44(52-36)23-19-29-41(7)21-20-31(46)40(5,6)28(41)18-22-42(29,8)43(44,9)25-32(45)47/h10-17,28-32,34-37,46-47H,18-25H2,1-9H3/b17-16-,26-10-/t28?,29?,30?,31-,32+,34?,35+,36+,37-,41-,42+,43-,44-,45-/m0/s1. The Morgan fingerprint density at radius 2 is 1.54 bits per heavy atom. The van der Waals surface area contributed by atoms with Crippen molar-refractivity contribution in [3.8, 4) is 0 Å². The van der Waals surface area contributed by atoms with Gasteiger partial charge in [-0.15, -0.1) is 0 Å². The number of aliphatic hydroxyl groups is 2. The summed E-state index contributed by atoms with van der Waals surface area (Å²) in [4.78, 5) is 27.4. The van der Waals surface area contributed by atoms with Crippen molar-refractivity contribution in [2.45, 2.75) is 150 Å². The fourth-order valence-electron chi connectivity index (χ4n) is 15.1. The largest absolute Gasteiger partial charge is 0.455 e. The zero-order valence-corrected chi connectivity index (χ0v) is 32.9. The van der Waals surface area contributed by atoms with Gasteiger partial charge in [0, 0.05) is 28.9 Å². The van der Waals surface area contributed by atoms with Gasteiger partial charge < -0.3 is 24.4 Å². The third-order valence-corrected chi connectivity index (χ3v) is 17.8. The number of carbonyl (C=O) groups excluding carboxylic acids is 2. The number of hydrogen-bond donors (Lipinski definition) is 2. The van der Waals surface area contributed by atoms with Gasteiger partial charge in [0.25, 0.3) is 0 Å². The van der Waals surface area contributed by atoms with E-state index in [9.17, 15) is 19.8 Å². The van der Waals surface area contributed by atoms with Crippen LogP contribution in [-0.2, 0) is 23.8 Å². The van der Waals surface area contributed by atoms with Gasteiger partial charge in [0.15, 0.2) is 6.10 Å². The van der Waals surface area contributed by atoms with Gasteiger partial charge in [-0.2, -0.15) is 0 Å². The van der Waals surface area contributed by atoms with Crippen LogP contribution in [0.2, 0.25) is 0 Å². The SMILES string of the molecule is C/C=C(/C)C(=O)O[C@@H]1C2[C@H]3O[C@]45CCC6[C@@]7(C)CC[C@H](O)C(C)(C)C7CC[C@@]6(C)[C@]4(C)C[C@@H](O)[C@]3(C5CC2(C)C)[C@H]1OC(=O)/C=C\c1ccccc1. The van der Waals surface area contributed by atoms with Crippen LogP contribution < -0.4 is 0 Å². The predicted molar refractivity (Wildman–Crippen MR) is 199 cm³/mol. The van der Waals surface area contributed by atoms with E-state index in [0.29, 0.717) is 23.8 Å². The van der Waals surface area contributed by atoms with Gasteiger partial charge in [-0.05, 0) is 110 Å². The number of benzene rings is 1. The van der Waals surface area contributed by atoms with Crippen LogP contribution in [0.4, 0.5) is 0 Å². The molecule has 1 saturated heterocycles. The molecule has 0 radical (unpaired) electrons. The summed E-state index contributed by atoms with van der Waals surface area (Å²) in [6.07, 6.45) is 9.05. The van der Waals surface area contributed by atoms with Crippen molar-refractivity contribution in [1.82, 2.24) is 0 Å². The Labute approximate surface area is 310 Å². The Morgan fingerprint density at radius 1 is 0.846 bits per heavy atom. The van der Waals surface area contributed by atoms with E-state index in [1.807, 2.05) is 37.3 Å². The van der Waals surface area contributed by atoms with Gasteiger partial charge in [0.1, 0.15) is 6.10 Å². The van der Waals surface area contributed by atoms with Crippen molar-refractivity contribution in [3.05, 3.63) is 53.6 Å². The number of ether oxygens (including phenoxy) is 3. The van der Waals surface area contributed by atoms with Crippen molar-refractivity contribution in [2.24, 2.45) is 56.2 Å². The average molecular weight is 715 g/mol. The maximum atomic E-state index is 13.9. The highest BCUT2D eigenvalue weighted by Gasteiger charge is 2.89. The minimum absolute atomic E-state index is 0.0828. The lowest BCUT2D eigenvalue weighted by molar-refractivity contribution is -0.299. The van der Waals surface area contributed by atoms with Crippen LogP contribution in [0.1, 0.15) is 119 Å². The first kappa shape index (κ1) is 36.5. The zero-order chi connectivity index (χ0) is 37.4. The molecule has 6 saturated carbocycles. The Hall–Kier alpha value is -2.48. The molecule has 0 amide bonds. The molecule has 2 spiro atoms. The van der Waals surface area contributed by atoms with Crippen LogP contribution in [0, 0.1) is 56.2 Å². The number of allylic oxidation sites excluding steroid dienone is 1. The number of aliphatic hydroxyl groups excluding tert-OH is 2. The molecular weight excluding hydrogens is 652 g/mol. The van der Waals surface area contributed by atoms with Gasteiger partial charge in [-0.25, -0.2) is 9.59 Å². The molecule has 7 fully saturated rings. The molecule has 2 N–H and O–H groups in total. The van der Waals surface area contributed by atoms with Crippen molar-refractivity contribution in [1.29, 1.82) is 0 Å². The van der Waals surface area contributed by atoms with Crippen molar-refractivity contribution < 1.29 is 34.0 Å². The van der Waals surface area contributed by atoms with E-state index in [1.165, 1.54) is 6.08 Å². The topological polar surface area (TPSA) is 102 Å². The van der Waals surface area contributed by atoms with Crippen LogP contribution >= 0.6 is 0 Å². The van der Waals surface area contributed by atoms with Crippen LogP contribution in [0.5, 0.6) is 0 Å². The molecule has 4 unspecified atom stereocenters. The van der Waals surface area contributed by atoms with E-state index in [4.69, 9.17) is 14.2 Å². The average Bonchev–Trinajstić information content (AvgIpc) is 3.39.